The molecular formula is C19H20O2. The lowest BCUT2D eigenvalue weighted by Gasteiger charge is -2.07. The zero-order chi connectivity index (χ0) is 15.2. The van der Waals surface area contributed by atoms with Gasteiger partial charge in [0.1, 0.15) is 0 Å². The lowest BCUT2D eigenvalue weighted by atomic mass is 9.98. The third-order valence-electron chi connectivity index (χ3n) is 3.26. The average molecular weight is 280 g/mol. The van der Waals surface area contributed by atoms with Crippen molar-refractivity contribution in [3.8, 4) is 11.1 Å². The number of rotatable bonds is 5. The highest BCUT2D eigenvalue weighted by atomic mass is 16.4. The molecule has 0 saturated carbocycles. The number of benzene rings is 2. The third kappa shape index (κ3) is 4.60. The van der Waals surface area contributed by atoms with E-state index in [2.05, 4.69) is 38.1 Å². The van der Waals surface area contributed by atoms with Crippen LogP contribution in [0.2, 0.25) is 0 Å². The van der Waals surface area contributed by atoms with Crippen LogP contribution in [0.15, 0.2) is 54.6 Å². The van der Waals surface area contributed by atoms with Gasteiger partial charge in [-0.1, -0.05) is 62.4 Å². The number of aliphatic carboxylic acids is 1. The Kier molecular flexibility index (Phi) is 4.94. The van der Waals surface area contributed by atoms with Crippen molar-refractivity contribution in [3.63, 3.8) is 0 Å². The highest BCUT2D eigenvalue weighted by molar-refractivity contribution is 5.85. The summed E-state index contributed by atoms with van der Waals surface area (Å²) < 4.78 is 0. The summed E-state index contributed by atoms with van der Waals surface area (Å²) in [6.07, 6.45) is 3.84. The SMILES string of the molecule is CC(C)Cc1ccc(-c2ccc(/C=C\C(=O)O)cc2)cc1. The molecule has 0 aromatic heterocycles. The second-order valence-corrected chi connectivity index (χ2v) is 5.59. The summed E-state index contributed by atoms with van der Waals surface area (Å²) in [5.41, 5.74) is 4.56. The van der Waals surface area contributed by atoms with Crippen LogP contribution in [0.3, 0.4) is 0 Å². The van der Waals surface area contributed by atoms with E-state index in [0.717, 1.165) is 23.6 Å². The van der Waals surface area contributed by atoms with Gasteiger partial charge in [0.05, 0.1) is 0 Å². The molecule has 0 aliphatic rings. The molecule has 2 rings (SSSR count). The molecule has 0 unspecified atom stereocenters. The van der Waals surface area contributed by atoms with Crippen LogP contribution < -0.4 is 0 Å². The van der Waals surface area contributed by atoms with Gasteiger partial charge in [-0.25, -0.2) is 4.79 Å². The maximum atomic E-state index is 10.5. The van der Waals surface area contributed by atoms with E-state index in [1.807, 2.05) is 24.3 Å². The molecule has 108 valence electrons. The molecule has 0 spiro atoms. The van der Waals surface area contributed by atoms with E-state index in [0.29, 0.717) is 5.92 Å². The average Bonchev–Trinajstić information content (AvgIpc) is 2.46. The van der Waals surface area contributed by atoms with Gasteiger partial charge in [-0.3, -0.25) is 0 Å². The van der Waals surface area contributed by atoms with E-state index in [9.17, 15) is 4.79 Å². The molecule has 0 radical (unpaired) electrons. The van der Waals surface area contributed by atoms with Gasteiger partial charge in [-0.15, -0.1) is 0 Å². The normalized spacial score (nSPS) is 11.2. The fourth-order valence-corrected chi connectivity index (χ4v) is 2.26. The number of hydrogen-bond acceptors (Lipinski definition) is 1. The van der Waals surface area contributed by atoms with E-state index >= 15 is 0 Å². The highest BCUT2D eigenvalue weighted by Crippen LogP contribution is 2.21. The fraction of sp³-hybridized carbons (Fsp3) is 0.211. The molecule has 0 amide bonds. The highest BCUT2D eigenvalue weighted by Gasteiger charge is 2.00. The minimum absolute atomic E-state index is 0.663. The standard InChI is InChI=1S/C19H20O2/c1-14(2)13-16-5-10-18(11-6-16)17-8-3-15(4-9-17)7-12-19(20)21/h3-12,14H,13H2,1-2H3,(H,20,21)/b12-7-. The minimum atomic E-state index is -0.931. The van der Waals surface area contributed by atoms with E-state index < -0.39 is 5.97 Å². The Balaban J connectivity index is 2.13. The van der Waals surface area contributed by atoms with Gasteiger partial charge in [0.25, 0.3) is 0 Å². The van der Waals surface area contributed by atoms with Crippen LogP contribution in [0.4, 0.5) is 0 Å². The Morgan fingerprint density at radius 1 is 1.00 bits per heavy atom. The molecule has 1 N–H and O–H groups in total. The topological polar surface area (TPSA) is 37.3 Å². The Hall–Kier alpha value is -2.35. The Morgan fingerprint density at radius 2 is 1.52 bits per heavy atom. The van der Waals surface area contributed by atoms with Crippen molar-refractivity contribution in [2.24, 2.45) is 5.92 Å². The minimum Gasteiger partial charge on any atom is -0.478 e. The van der Waals surface area contributed by atoms with Crippen LogP contribution in [0.1, 0.15) is 25.0 Å². The van der Waals surface area contributed by atoms with Crippen molar-refractivity contribution in [1.29, 1.82) is 0 Å². The lowest BCUT2D eigenvalue weighted by Crippen LogP contribution is -1.93. The van der Waals surface area contributed by atoms with Gasteiger partial charge in [0.15, 0.2) is 0 Å². The Labute approximate surface area is 125 Å². The first-order valence-electron chi connectivity index (χ1n) is 7.15. The van der Waals surface area contributed by atoms with E-state index in [-0.39, 0.29) is 0 Å². The molecule has 0 bridgehead atoms. The first-order chi connectivity index (χ1) is 10.0. The predicted octanol–water partition coefficient (Wildman–Crippen LogP) is 4.65. The molecule has 0 heterocycles. The summed E-state index contributed by atoms with van der Waals surface area (Å²) in [5.74, 6) is -0.268. The molecule has 21 heavy (non-hydrogen) atoms. The van der Waals surface area contributed by atoms with Crippen molar-refractivity contribution in [2.75, 3.05) is 0 Å². The van der Waals surface area contributed by atoms with Crippen LogP contribution in [0.25, 0.3) is 17.2 Å². The number of carbonyl (C=O) groups is 1. The molecule has 0 atom stereocenters. The lowest BCUT2D eigenvalue weighted by molar-refractivity contribution is -0.131. The maximum absolute atomic E-state index is 10.5. The summed E-state index contributed by atoms with van der Waals surface area (Å²) in [7, 11) is 0. The zero-order valence-corrected chi connectivity index (χ0v) is 12.4. The zero-order valence-electron chi connectivity index (χ0n) is 12.4. The molecule has 0 saturated heterocycles. The van der Waals surface area contributed by atoms with Gasteiger partial charge >= 0.3 is 5.97 Å². The number of carboxylic acid groups (broad SMARTS) is 1. The monoisotopic (exact) mass is 280 g/mol. The summed E-state index contributed by atoms with van der Waals surface area (Å²) in [4.78, 5) is 10.5. The van der Waals surface area contributed by atoms with Crippen molar-refractivity contribution in [2.45, 2.75) is 20.3 Å². The second kappa shape index (κ2) is 6.89. The van der Waals surface area contributed by atoms with Gasteiger partial charge < -0.3 is 5.11 Å². The van der Waals surface area contributed by atoms with Crippen LogP contribution >= 0.6 is 0 Å². The van der Waals surface area contributed by atoms with Crippen LogP contribution in [-0.2, 0) is 11.2 Å². The molecule has 2 heteroatoms. The molecule has 2 aromatic carbocycles. The van der Waals surface area contributed by atoms with Crippen LogP contribution in [0, 0.1) is 5.92 Å². The molecule has 0 aliphatic carbocycles. The van der Waals surface area contributed by atoms with Crippen LogP contribution in [0.5, 0.6) is 0 Å². The Morgan fingerprint density at radius 3 is 2.00 bits per heavy atom. The molecule has 0 aliphatic heterocycles. The van der Waals surface area contributed by atoms with Crippen molar-refractivity contribution < 1.29 is 9.90 Å². The second-order valence-electron chi connectivity index (χ2n) is 5.59. The maximum Gasteiger partial charge on any atom is 0.328 e. The smallest absolute Gasteiger partial charge is 0.328 e. The van der Waals surface area contributed by atoms with E-state index in [1.165, 1.54) is 11.1 Å². The number of carboxylic acids is 1. The predicted molar refractivity (Wildman–Crippen MR) is 87.1 cm³/mol. The molecule has 2 aromatic rings. The van der Waals surface area contributed by atoms with Gasteiger partial charge in [0, 0.05) is 6.08 Å². The summed E-state index contributed by atoms with van der Waals surface area (Å²) >= 11 is 0. The van der Waals surface area contributed by atoms with Crippen molar-refractivity contribution >= 4 is 12.0 Å². The summed E-state index contributed by atoms with van der Waals surface area (Å²) in [5, 5.41) is 8.61. The molecular weight excluding hydrogens is 260 g/mol. The van der Waals surface area contributed by atoms with E-state index in [4.69, 9.17) is 5.11 Å². The molecule has 2 nitrogen and oxygen atoms in total. The third-order valence-corrected chi connectivity index (χ3v) is 3.26. The first kappa shape index (κ1) is 15.0. The number of hydrogen-bond donors (Lipinski definition) is 1. The summed E-state index contributed by atoms with van der Waals surface area (Å²) in [6.45, 7) is 4.44. The van der Waals surface area contributed by atoms with Gasteiger partial charge in [-0.2, -0.15) is 0 Å². The molecule has 0 fully saturated rings. The van der Waals surface area contributed by atoms with Crippen LogP contribution in [-0.4, -0.2) is 11.1 Å². The van der Waals surface area contributed by atoms with Gasteiger partial charge in [-0.05, 0) is 40.7 Å². The van der Waals surface area contributed by atoms with Crippen molar-refractivity contribution in [1.82, 2.24) is 0 Å². The van der Waals surface area contributed by atoms with Crippen molar-refractivity contribution in [3.05, 3.63) is 65.7 Å². The summed E-state index contributed by atoms with van der Waals surface area (Å²) in [6, 6.07) is 16.5. The first-order valence-corrected chi connectivity index (χ1v) is 7.15. The van der Waals surface area contributed by atoms with Gasteiger partial charge in [0.2, 0.25) is 0 Å². The quantitative estimate of drug-likeness (QED) is 0.809. The Bertz CT molecular complexity index is 620. The largest absolute Gasteiger partial charge is 0.478 e. The van der Waals surface area contributed by atoms with E-state index in [1.54, 1.807) is 6.08 Å². The fourth-order valence-electron chi connectivity index (χ4n) is 2.26.